The second-order valence-electron chi connectivity index (χ2n) is 8.23. The lowest BCUT2D eigenvalue weighted by Crippen LogP contribution is -2.37. The summed E-state index contributed by atoms with van der Waals surface area (Å²) in [5, 5.41) is 0. The number of amides is 2. The summed E-state index contributed by atoms with van der Waals surface area (Å²) in [7, 11) is 0. The van der Waals surface area contributed by atoms with Gasteiger partial charge in [0.15, 0.2) is 0 Å². The van der Waals surface area contributed by atoms with Crippen LogP contribution in [0.5, 0.6) is 0 Å². The van der Waals surface area contributed by atoms with Crippen LogP contribution >= 0.6 is 0 Å². The highest BCUT2D eigenvalue weighted by atomic mass is 16.2. The van der Waals surface area contributed by atoms with Gasteiger partial charge in [-0.2, -0.15) is 0 Å². The Kier molecular flexibility index (Phi) is 10.1. The van der Waals surface area contributed by atoms with Gasteiger partial charge in [0.25, 0.3) is 0 Å². The molecular formula is C22H40N2O2. The van der Waals surface area contributed by atoms with Crippen LogP contribution < -0.4 is 0 Å². The molecule has 1 aliphatic carbocycles. The van der Waals surface area contributed by atoms with Crippen molar-refractivity contribution in [2.75, 3.05) is 19.6 Å². The second-order valence-corrected chi connectivity index (χ2v) is 8.23. The van der Waals surface area contributed by atoms with Crippen molar-refractivity contribution >= 4 is 11.8 Å². The first-order valence-corrected chi connectivity index (χ1v) is 11.3. The van der Waals surface area contributed by atoms with E-state index in [1.807, 2.05) is 4.90 Å². The summed E-state index contributed by atoms with van der Waals surface area (Å²) in [6.45, 7) is 5.28. The Morgan fingerprint density at radius 2 is 1.42 bits per heavy atom. The van der Waals surface area contributed by atoms with Crippen LogP contribution in [0.25, 0.3) is 0 Å². The molecule has 0 aromatic carbocycles. The molecule has 2 aliphatic heterocycles. The van der Waals surface area contributed by atoms with Gasteiger partial charge >= 0.3 is 0 Å². The predicted molar refractivity (Wildman–Crippen MR) is 107 cm³/mol. The third kappa shape index (κ3) is 7.28. The minimum Gasteiger partial charge on any atom is -0.343 e. The van der Waals surface area contributed by atoms with Gasteiger partial charge in [-0.25, -0.2) is 0 Å². The molecule has 0 N–H and O–H groups in total. The summed E-state index contributed by atoms with van der Waals surface area (Å²) < 4.78 is 0. The van der Waals surface area contributed by atoms with Crippen molar-refractivity contribution in [2.45, 2.75) is 109 Å². The Hall–Kier alpha value is -1.06. The maximum atomic E-state index is 11.4. The standard InChI is InChI=1S/C12H23NO.C10H17NO/c1-2-3-4-5-6-7-10-13-11-8-9-12(13)14;12-10-7-4-8-11(10)9-5-2-1-3-6-9/h2-11H2,1H3;9H,1-8H2. The van der Waals surface area contributed by atoms with Gasteiger partial charge in [-0.1, -0.05) is 58.3 Å². The Bertz CT molecular complexity index is 418. The topological polar surface area (TPSA) is 40.6 Å². The van der Waals surface area contributed by atoms with E-state index in [2.05, 4.69) is 11.8 Å². The fourth-order valence-corrected chi connectivity index (χ4v) is 4.47. The normalized spacial score (nSPS) is 21.3. The second kappa shape index (κ2) is 12.3. The highest BCUT2D eigenvalue weighted by Gasteiger charge is 2.28. The minimum atomic E-state index is 0.374. The van der Waals surface area contributed by atoms with Gasteiger partial charge in [0.1, 0.15) is 0 Å². The predicted octanol–water partition coefficient (Wildman–Crippen LogP) is 4.91. The van der Waals surface area contributed by atoms with E-state index in [0.29, 0.717) is 17.9 Å². The summed E-state index contributed by atoms with van der Waals surface area (Å²) in [4.78, 5) is 26.8. The molecule has 0 aromatic heterocycles. The van der Waals surface area contributed by atoms with Crippen molar-refractivity contribution in [3.63, 3.8) is 0 Å². The first-order chi connectivity index (χ1) is 12.7. The van der Waals surface area contributed by atoms with E-state index in [1.165, 1.54) is 70.6 Å². The number of hydrogen-bond donors (Lipinski definition) is 0. The molecule has 26 heavy (non-hydrogen) atoms. The average molecular weight is 365 g/mol. The van der Waals surface area contributed by atoms with E-state index in [9.17, 15) is 9.59 Å². The summed E-state index contributed by atoms with van der Waals surface area (Å²) in [6, 6.07) is 0.605. The van der Waals surface area contributed by atoms with E-state index in [-0.39, 0.29) is 0 Å². The summed E-state index contributed by atoms with van der Waals surface area (Å²) in [5.41, 5.74) is 0. The van der Waals surface area contributed by atoms with Gasteiger partial charge in [0.05, 0.1) is 0 Å². The number of rotatable bonds is 8. The smallest absolute Gasteiger partial charge is 0.222 e. The van der Waals surface area contributed by atoms with Gasteiger partial charge in [0, 0.05) is 38.5 Å². The largest absolute Gasteiger partial charge is 0.343 e. The van der Waals surface area contributed by atoms with Gasteiger partial charge in [-0.05, 0) is 32.1 Å². The third-order valence-electron chi connectivity index (χ3n) is 6.08. The van der Waals surface area contributed by atoms with Crippen molar-refractivity contribution in [1.82, 2.24) is 9.80 Å². The molecule has 3 fully saturated rings. The summed E-state index contributed by atoms with van der Waals surface area (Å²) in [6.07, 6.45) is 18.2. The minimum absolute atomic E-state index is 0.374. The van der Waals surface area contributed by atoms with Crippen LogP contribution in [0.4, 0.5) is 0 Å². The fraction of sp³-hybridized carbons (Fsp3) is 0.909. The first kappa shape index (κ1) is 21.2. The zero-order chi connectivity index (χ0) is 18.6. The molecule has 4 nitrogen and oxygen atoms in total. The van der Waals surface area contributed by atoms with Crippen LogP contribution in [-0.4, -0.2) is 47.3 Å². The lowest BCUT2D eigenvalue weighted by Gasteiger charge is -2.30. The maximum Gasteiger partial charge on any atom is 0.222 e. The van der Waals surface area contributed by atoms with Crippen LogP contribution in [-0.2, 0) is 9.59 Å². The molecule has 2 saturated heterocycles. The molecule has 0 unspecified atom stereocenters. The van der Waals surface area contributed by atoms with Crippen molar-refractivity contribution in [3.05, 3.63) is 0 Å². The molecule has 150 valence electrons. The lowest BCUT2D eigenvalue weighted by atomic mass is 9.94. The highest BCUT2D eigenvalue weighted by molar-refractivity contribution is 5.78. The number of unbranched alkanes of at least 4 members (excludes halogenated alkanes) is 5. The lowest BCUT2D eigenvalue weighted by molar-refractivity contribution is -0.130. The van der Waals surface area contributed by atoms with Crippen LogP contribution in [0, 0.1) is 0 Å². The van der Waals surface area contributed by atoms with E-state index in [0.717, 1.165) is 45.3 Å². The van der Waals surface area contributed by atoms with Gasteiger partial charge in [-0.3, -0.25) is 9.59 Å². The molecular weight excluding hydrogens is 324 g/mol. The van der Waals surface area contributed by atoms with Crippen molar-refractivity contribution < 1.29 is 9.59 Å². The fourth-order valence-electron chi connectivity index (χ4n) is 4.47. The third-order valence-corrected chi connectivity index (χ3v) is 6.08. The molecule has 2 heterocycles. The number of carbonyl (C=O) groups is 2. The van der Waals surface area contributed by atoms with E-state index < -0.39 is 0 Å². The zero-order valence-electron chi connectivity index (χ0n) is 17.0. The van der Waals surface area contributed by atoms with Crippen LogP contribution in [0.15, 0.2) is 0 Å². The van der Waals surface area contributed by atoms with Gasteiger partial charge < -0.3 is 9.80 Å². The van der Waals surface area contributed by atoms with Crippen LogP contribution in [0.2, 0.25) is 0 Å². The molecule has 3 rings (SSSR count). The molecule has 0 radical (unpaired) electrons. The molecule has 2 amide bonds. The molecule has 0 spiro atoms. The van der Waals surface area contributed by atoms with E-state index >= 15 is 0 Å². The summed E-state index contributed by atoms with van der Waals surface area (Å²) >= 11 is 0. The molecule has 0 bridgehead atoms. The average Bonchev–Trinajstić information content (AvgIpc) is 3.27. The molecule has 4 heteroatoms. The molecule has 1 saturated carbocycles. The number of hydrogen-bond acceptors (Lipinski definition) is 2. The zero-order valence-corrected chi connectivity index (χ0v) is 17.0. The molecule has 0 atom stereocenters. The number of carbonyl (C=O) groups excluding carboxylic acids is 2. The van der Waals surface area contributed by atoms with E-state index in [4.69, 9.17) is 0 Å². The number of nitrogens with zero attached hydrogens (tertiary/aromatic N) is 2. The Balaban J connectivity index is 0.000000189. The SMILES string of the molecule is CCCCCCCCN1CCCC1=O.O=C1CCCN1C1CCCCC1. The molecule has 0 aromatic rings. The van der Waals surface area contributed by atoms with Crippen LogP contribution in [0.3, 0.4) is 0 Å². The Labute approximate surface area is 160 Å². The van der Waals surface area contributed by atoms with Gasteiger partial charge in [-0.15, -0.1) is 0 Å². The van der Waals surface area contributed by atoms with Crippen LogP contribution in [0.1, 0.15) is 103 Å². The van der Waals surface area contributed by atoms with E-state index in [1.54, 1.807) is 0 Å². The monoisotopic (exact) mass is 364 g/mol. The van der Waals surface area contributed by atoms with Crippen molar-refractivity contribution in [2.24, 2.45) is 0 Å². The summed E-state index contributed by atoms with van der Waals surface area (Å²) in [5.74, 6) is 0.778. The maximum absolute atomic E-state index is 11.4. The Morgan fingerprint density at radius 1 is 0.769 bits per heavy atom. The quantitative estimate of drug-likeness (QED) is 0.574. The molecule has 3 aliphatic rings. The van der Waals surface area contributed by atoms with Crippen molar-refractivity contribution in [3.8, 4) is 0 Å². The van der Waals surface area contributed by atoms with Gasteiger partial charge in [0.2, 0.25) is 11.8 Å². The first-order valence-electron chi connectivity index (χ1n) is 11.3. The van der Waals surface area contributed by atoms with Crippen molar-refractivity contribution in [1.29, 1.82) is 0 Å². The number of likely N-dealkylation sites (tertiary alicyclic amines) is 2. The highest BCUT2D eigenvalue weighted by Crippen LogP contribution is 2.25. The Morgan fingerprint density at radius 3 is 2.04 bits per heavy atom.